The molecule has 0 aromatic rings. The summed E-state index contributed by atoms with van der Waals surface area (Å²) in [5, 5.41) is 0.199. The summed E-state index contributed by atoms with van der Waals surface area (Å²) in [5.74, 6) is 2.57. The van der Waals surface area contributed by atoms with E-state index in [0.717, 1.165) is 12.8 Å². The van der Waals surface area contributed by atoms with Crippen LogP contribution in [0.3, 0.4) is 0 Å². The smallest absolute Gasteiger partial charge is 0.192 e. The van der Waals surface area contributed by atoms with Gasteiger partial charge in [-0.2, -0.15) is 0 Å². The molecule has 2 atom stereocenters. The van der Waals surface area contributed by atoms with E-state index >= 15 is 0 Å². The Hall–Kier alpha value is -0.823. The van der Waals surface area contributed by atoms with E-state index in [1.807, 2.05) is 6.08 Å². The molecule has 1 rings (SSSR count). The Morgan fingerprint density at radius 1 is 1.50 bits per heavy atom. The number of allylic oxidation sites excluding steroid dienone is 1. The molecule has 124 valence electrons. The maximum Gasteiger partial charge on any atom is 0.192 e. The van der Waals surface area contributed by atoms with Gasteiger partial charge in [-0.05, 0) is 37.9 Å². The topological polar surface area (TPSA) is 18.5 Å². The molecule has 0 heterocycles. The molecule has 2 nitrogen and oxygen atoms in total. The zero-order chi connectivity index (χ0) is 17.0. The van der Waals surface area contributed by atoms with E-state index in [1.165, 1.54) is 5.57 Å². The van der Waals surface area contributed by atoms with Gasteiger partial charge in [-0.1, -0.05) is 44.4 Å². The van der Waals surface area contributed by atoms with Crippen molar-refractivity contribution in [1.82, 2.24) is 0 Å². The summed E-state index contributed by atoms with van der Waals surface area (Å²) in [6, 6.07) is 0. The minimum Gasteiger partial charge on any atom is -0.416 e. The van der Waals surface area contributed by atoms with Crippen LogP contribution in [0.4, 0.5) is 0 Å². The molecular weight excluding hydrogens is 288 g/mol. The Kier molecular flexibility index (Phi) is 6.26. The van der Waals surface area contributed by atoms with Crippen molar-refractivity contribution in [2.45, 2.75) is 64.8 Å². The molecule has 0 saturated heterocycles. The van der Waals surface area contributed by atoms with Gasteiger partial charge in [0.15, 0.2) is 8.32 Å². The Bertz CT molecular complexity index is 465. The molecular formula is C19H32O2Si. The normalized spacial score (nSPS) is 26.2. The third-order valence-corrected chi connectivity index (χ3v) is 9.73. The van der Waals surface area contributed by atoms with E-state index in [2.05, 4.69) is 59.4 Å². The molecule has 0 aromatic carbocycles. The van der Waals surface area contributed by atoms with Gasteiger partial charge in [0, 0.05) is 12.0 Å². The predicted octanol–water partition coefficient (Wildman–Crippen LogP) is 4.94. The number of hydrogen-bond donors (Lipinski definition) is 0. The predicted molar refractivity (Wildman–Crippen MR) is 97.3 cm³/mol. The van der Waals surface area contributed by atoms with Crippen LogP contribution in [0.25, 0.3) is 0 Å². The van der Waals surface area contributed by atoms with E-state index in [4.69, 9.17) is 15.6 Å². The zero-order valence-corrected chi connectivity index (χ0v) is 16.2. The van der Waals surface area contributed by atoms with Crippen LogP contribution in [0.2, 0.25) is 18.1 Å². The molecule has 1 aliphatic rings. The second kappa shape index (κ2) is 7.17. The van der Waals surface area contributed by atoms with Crippen LogP contribution < -0.4 is 0 Å². The van der Waals surface area contributed by atoms with Gasteiger partial charge >= 0.3 is 0 Å². The molecule has 0 bridgehead atoms. The van der Waals surface area contributed by atoms with E-state index in [1.54, 1.807) is 0 Å². The Morgan fingerprint density at radius 2 is 2.14 bits per heavy atom. The zero-order valence-electron chi connectivity index (χ0n) is 15.2. The monoisotopic (exact) mass is 320 g/mol. The van der Waals surface area contributed by atoms with E-state index in [9.17, 15) is 0 Å². The lowest BCUT2D eigenvalue weighted by molar-refractivity contribution is -0.00713. The van der Waals surface area contributed by atoms with Crippen LogP contribution >= 0.6 is 0 Å². The van der Waals surface area contributed by atoms with Gasteiger partial charge in [-0.3, -0.25) is 0 Å². The first-order chi connectivity index (χ1) is 10.1. The first-order valence-corrected chi connectivity index (χ1v) is 11.0. The molecule has 0 fully saturated rings. The summed E-state index contributed by atoms with van der Waals surface area (Å²) in [4.78, 5) is 0. The van der Waals surface area contributed by atoms with E-state index in [0.29, 0.717) is 13.2 Å². The van der Waals surface area contributed by atoms with Gasteiger partial charge in [0.05, 0.1) is 6.10 Å². The summed E-state index contributed by atoms with van der Waals surface area (Å²) in [5.41, 5.74) is 1.18. The average molecular weight is 321 g/mol. The first-order valence-electron chi connectivity index (χ1n) is 8.08. The fraction of sp³-hybridized carbons (Fsp3) is 0.684. The van der Waals surface area contributed by atoms with Crippen LogP contribution in [0, 0.1) is 17.8 Å². The third kappa shape index (κ3) is 4.35. The first kappa shape index (κ1) is 19.2. The van der Waals surface area contributed by atoms with Crippen LogP contribution in [0.15, 0.2) is 24.3 Å². The summed E-state index contributed by atoms with van der Waals surface area (Å²) in [6.45, 7) is 18.6. The van der Waals surface area contributed by atoms with Crippen LogP contribution in [0.5, 0.6) is 0 Å². The van der Waals surface area contributed by atoms with Crippen molar-refractivity contribution in [1.29, 1.82) is 0 Å². The summed E-state index contributed by atoms with van der Waals surface area (Å²) in [6.07, 6.45) is 11.6. The lowest BCUT2D eigenvalue weighted by atomic mass is 9.73. The van der Waals surface area contributed by atoms with Crippen molar-refractivity contribution in [3.63, 3.8) is 0 Å². The van der Waals surface area contributed by atoms with Gasteiger partial charge < -0.3 is 9.16 Å². The summed E-state index contributed by atoms with van der Waals surface area (Å²) in [7, 11) is -1.79. The highest BCUT2D eigenvalue weighted by Crippen LogP contribution is 2.42. The maximum atomic E-state index is 6.48. The van der Waals surface area contributed by atoms with Crippen molar-refractivity contribution in [3.8, 4) is 12.3 Å². The van der Waals surface area contributed by atoms with Crippen molar-refractivity contribution in [2.75, 3.05) is 13.2 Å². The Labute approximate surface area is 138 Å². The molecule has 0 radical (unpaired) electrons. The van der Waals surface area contributed by atoms with Crippen molar-refractivity contribution in [3.05, 3.63) is 24.3 Å². The van der Waals surface area contributed by atoms with Crippen molar-refractivity contribution < 1.29 is 9.16 Å². The summed E-state index contributed by atoms with van der Waals surface area (Å²) < 4.78 is 12.4. The van der Waals surface area contributed by atoms with Crippen molar-refractivity contribution in [2.24, 2.45) is 5.41 Å². The minimum atomic E-state index is -1.79. The van der Waals surface area contributed by atoms with Crippen LogP contribution in [0.1, 0.15) is 40.5 Å². The van der Waals surface area contributed by atoms with Gasteiger partial charge in [-0.25, -0.2) is 0 Å². The SMILES string of the molecule is C#CCO[C@H]1C=C(C)CC[C@]1(C=C)CO[Si](C)(C)C(C)(C)C. The molecule has 1 aliphatic carbocycles. The molecule has 0 aliphatic heterocycles. The molecule has 0 unspecified atom stereocenters. The standard InChI is InChI=1S/C19H32O2Si/c1-9-13-20-17-14-16(3)11-12-19(17,10-2)15-21-22(7,8)18(4,5)6/h1,10,14,17H,2,11-13,15H2,3-8H3/t17-,19+/m0/s1. The fourth-order valence-corrected chi connectivity index (χ4v) is 3.46. The van der Waals surface area contributed by atoms with E-state index in [-0.39, 0.29) is 16.6 Å². The molecule has 0 saturated carbocycles. The quantitative estimate of drug-likeness (QED) is 0.392. The number of ether oxygens (including phenoxy) is 1. The highest BCUT2D eigenvalue weighted by molar-refractivity contribution is 6.74. The fourth-order valence-electron chi connectivity index (χ4n) is 2.39. The Morgan fingerprint density at radius 3 is 2.64 bits per heavy atom. The molecule has 0 aromatic heterocycles. The second-order valence-corrected chi connectivity index (χ2v) is 12.7. The molecule has 3 heteroatoms. The highest BCUT2D eigenvalue weighted by Gasteiger charge is 2.43. The molecule has 0 spiro atoms. The van der Waals surface area contributed by atoms with Gasteiger partial charge in [0.25, 0.3) is 0 Å². The highest BCUT2D eigenvalue weighted by atomic mass is 28.4. The number of hydrogen-bond acceptors (Lipinski definition) is 2. The Balaban J connectivity index is 2.95. The second-order valence-electron chi connectivity index (χ2n) is 7.94. The van der Waals surface area contributed by atoms with Gasteiger partial charge in [-0.15, -0.1) is 13.0 Å². The minimum absolute atomic E-state index is 0.0421. The van der Waals surface area contributed by atoms with Crippen LogP contribution in [-0.4, -0.2) is 27.6 Å². The van der Waals surface area contributed by atoms with Gasteiger partial charge in [0.1, 0.15) is 6.61 Å². The summed E-state index contributed by atoms with van der Waals surface area (Å²) >= 11 is 0. The largest absolute Gasteiger partial charge is 0.416 e. The molecule has 0 N–H and O–H groups in total. The number of rotatable bonds is 6. The van der Waals surface area contributed by atoms with Gasteiger partial charge in [0.2, 0.25) is 0 Å². The lowest BCUT2D eigenvalue weighted by Crippen LogP contribution is -2.47. The third-order valence-electron chi connectivity index (χ3n) is 5.25. The molecule has 0 amide bonds. The number of terminal acetylenes is 1. The molecule has 22 heavy (non-hydrogen) atoms. The average Bonchev–Trinajstić information content (AvgIpc) is 2.43. The van der Waals surface area contributed by atoms with Crippen molar-refractivity contribution >= 4 is 8.32 Å². The van der Waals surface area contributed by atoms with E-state index < -0.39 is 8.32 Å². The lowest BCUT2D eigenvalue weighted by Gasteiger charge is -2.44. The maximum absolute atomic E-state index is 6.48. The van der Waals surface area contributed by atoms with Crippen LogP contribution in [-0.2, 0) is 9.16 Å².